The number of nitrogens with zero attached hydrogens (tertiary/aromatic N) is 3. The maximum absolute atomic E-state index is 9.00. The van der Waals surface area contributed by atoms with Crippen molar-refractivity contribution in [3.05, 3.63) is 76.2 Å². The normalized spacial score (nSPS) is 19.0. The van der Waals surface area contributed by atoms with Crippen LogP contribution in [0.1, 0.15) is 41.2 Å². The number of hydrogen-bond donors (Lipinski definition) is 0. The van der Waals surface area contributed by atoms with Gasteiger partial charge in [0, 0.05) is 33.1 Å². The summed E-state index contributed by atoms with van der Waals surface area (Å²) in [5.74, 6) is 0.587. The molecule has 2 aliphatic rings. The first-order chi connectivity index (χ1) is 14.7. The highest BCUT2D eigenvalue weighted by atomic mass is 32.1. The topological polar surface area (TPSA) is 50.8 Å². The molecule has 0 spiro atoms. The number of anilines is 2. The molecule has 4 heteroatoms. The number of nitriles is 2. The largest absolute Gasteiger partial charge is 0.338 e. The van der Waals surface area contributed by atoms with Crippen molar-refractivity contribution >= 4 is 28.8 Å². The van der Waals surface area contributed by atoms with E-state index in [1.54, 1.807) is 17.4 Å². The van der Waals surface area contributed by atoms with Crippen LogP contribution in [0.15, 0.2) is 60.2 Å². The predicted molar refractivity (Wildman–Crippen MR) is 123 cm³/mol. The van der Waals surface area contributed by atoms with Gasteiger partial charge in [-0.25, -0.2) is 0 Å². The Balaban J connectivity index is 1.53. The smallest absolute Gasteiger partial charge is 0.131 e. The molecule has 146 valence electrons. The van der Waals surface area contributed by atoms with E-state index in [0.717, 1.165) is 4.88 Å². The molecule has 0 saturated heterocycles. The Morgan fingerprint density at radius 2 is 1.83 bits per heavy atom. The first-order valence-electron chi connectivity index (χ1n) is 10.3. The van der Waals surface area contributed by atoms with Gasteiger partial charge in [0.15, 0.2) is 0 Å². The van der Waals surface area contributed by atoms with Gasteiger partial charge in [0.05, 0.1) is 0 Å². The van der Waals surface area contributed by atoms with E-state index < -0.39 is 0 Å². The van der Waals surface area contributed by atoms with Crippen LogP contribution in [0.3, 0.4) is 0 Å². The van der Waals surface area contributed by atoms with E-state index >= 15 is 0 Å². The number of fused-ring (bicyclic) bond motifs is 3. The standard InChI is InChI=1S/C26H21N3S/c1-17-5-8-20(9-6-17)29-24-4-2-3-22(24)23-14-19(7-11-25(23)29)26-12-10-21(30-26)13-18(15-27)16-28/h5-14,22,24H,2-4H2,1H3. The highest BCUT2D eigenvalue weighted by Crippen LogP contribution is 2.53. The molecule has 2 unspecified atom stereocenters. The molecular weight excluding hydrogens is 386 g/mol. The number of rotatable bonds is 3. The molecule has 0 N–H and O–H groups in total. The first-order valence-corrected chi connectivity index (χ1v) is 11.1. The Morgan fingerprint density at radius 1 is 1.03 bits per heavy atom. The van der Waals surface area contributed by atoms with Gasteiger partial charge in [-0.3, -0.25) is 0 Å². The molecule has 3 nitrogen and oxygen atoms in total. The van der Waals surface area contributed by atoms with E-state index in [1.807, 2.05) is 18.2 Å². The summed E-state index contributed by atoms with van der Waals surface area (Å²) < 4.78 is 0. The van der Waals surface area contributed by atoms with Crippen molar-refractivity contribution in [2.24, 2.45) is 0 Å². The van der Waals surface area contributed by atoms with Crippen molar-refractivity contribution in [2.45, 2.75) is 38.1 Å². The minimum atomic E-state index is 0.139. The minimum Gasteiger partial charge on any atom is -0.338 e. The molecule has 1 aromatic heterocycles. The second-order valence-electron chi connectivity index (χ2n) is 8.07. The highest BCUT2D eigenvalue weighted by molar-refractivity contribution is 7.16. The Labute approximate surface area is 181 Å². The summed E-state index contributed by atoms with van der Waals surface area (Å²) in [5, 5.41) is 18.0. The summed E-state index contributed by atoms with van der Waals surface area (Å²) in [4.78, 5) is 4.65. The van der Waals surface area contributed by atoms with E-state index in [4.69, 9.17) is 10.5 Å². The summed E-state index contributed by atoms with van der Waals surface area (Å²) >= 11 is 1.62. The van der Waals surface area contributed by atoms with Crippen molar-refractivity contribution in [3.8, 4) is 22.6 Å². The van der Waals surface area contributed by atoms with Gasteiger partial charge in [0.2, 0.25) is 0 Å². The molecule has 30 heavy (non-hydrogen) atoms. The Morgan fingerprint density at radius 3 is 2.60 bits per heavy atom. The average molecular weight is 408 g/mol. The quantitative estimate of drug-likeness (QED) is 0.442. The summed E-state index contributed by atoms with van der Waals surface area (Å²) in [6.07, 6.45) is 5.42. The summed E-state index contributed by atoms with van der Waals surface area (Å²) in [7, 11) is 0. The zero-order valence-electron chi connectivity index (χ0n) is 16.8. The fourth-order valence-electron chi connectivity index (χ4n) is 4.87. The van der Waals surface area contributed by atoms with E-state index in [1.165, 1.54) is 52.2 Å². The van der Waals surface area contributed by atoms with Gasteiger partial charge in [-0.2, -0.15) is 10.5 Å². The Hall–Kier alpha value is -3.34. The monoisotopic (exact) mass is 407 g/mol. The van der Waals surface area contributed by atoms with Crippen molar-refractivity contribution in [3.63, 3.8) is 0 Å². The van der Waals surface area contributed by atoms with Crippen LogP contribution in [-0.2, 0) is 0 Å². The molecule has 0 amide bonds. The van der Waals surface area contributed by atoms with Crippen LogP contribution in [0.4, 0.5) is 11.4 Å². The van der Waals surface area contributed by atoms with Gasteiger partial charge in [-0.05, 0) is 73.4 Å². The third-order valence-electron chi connectivity index (χ3n) is 6.25. The number of allylic oxidation sites excluding steroid dienone is 1. The Kier molecular flexibility index (Phi) is 4.66. The fourth-order valence-corrected chi connectivity index (χ4v) is 5.82. The molecule has 5 rings (SSSR count). The molecule has 2 atom stereocenters. The van der Waals surface area contributed by atoms with Crippen molar-refractivity contribution in [2.75, 3.05) is 4.90 Å². The molecule has 1 saturated carbocycles. The zero-order valence-corrected chi connectivity index (χ0v) is 17.6. The first kappa shape index (κ1) is 18.7. The molecule has 0 bridgehead atoms. The second-order valence-corrected chi connectivity index (χ2v) is 9.18. The van der Waals surface area contributed by atoms with Crippen LogP contribution < -0.4 is 4.90 Å². The molecule has 3 aromatic rings. The van der Waals surface area contributed by atoms with Crippen LogP contribution in [0.5, 0.6) is 0 Å². The second kappa shape index (κ2) is 7.48. The van der Waals surface area contributed by atoms with E-state index in [9.17, 15) is 0 Å². The average Bonchev–Trinajstić information content (AvgIpc) is 3.48. The summed E-state index contributed by atoms with van der Waals surface area (Å²) in [6, 6.07) is 24.2. The van der Waals surface area contributed by atoms with E-state index in [0.29, 0.717) is 12.0 Å². The van der Waals surface area contributed by atoms with E-state index in [-0.39, 0.29) is 5.57 Å². The summed E-state index contributed by atoms with van der Waals surface area (Å²) in [5.41, 5.74) is 6.72. The molecule has 0 radical (unpaired) electrons. The van der Waals surface area contributed by atoms with Crippen LogP contribution in [0.2, 0.25) is 0 Å². The Bertz CT molecular complexity index is 1200. The van der Waals surface area contributed by atoms with Crippen LogP contribution in [0.25, 0.3) is 16.5 Å². The maximum Gasteiger partial charge on any atom is 0.131 e. The van der Waals surface area contributed by atoms with Crippen LogP contribution >= 0.6 is 11.3 Å². The third kappa shape index (κ3) is 3.11. The SMILES string of the molecule is Cc1ccc(N2c3ccc(-c4ccc(C=C(C#N)C#N)s4)cc3C3CCCC32)cc1. The van der Waals surface area contributed by atoms with Gasteiger partial charge >= 0.3 is 0 Å². The van der Waals surface area contributed by atoms with Crippen LogP contribution in [0, 0.1) is 29.6 Å². The fraction of sp³-hybridized carbons (Fsp3) is 0.231. The molecular formula is C26H21N3S. The molecule has 1 aliphatic heterocycles. The predicted octanol–water partition coefficient (Wildman–Crippen LogP) is 6.94. The lowest BCUT2D eigenvalue weighted by atomic mass is 9.95. The number of hydrogen-bond acceptors (Lipinski definition) is 4. The van der Waals surface area contributed by atoms with E-state index in [2.05, 4.69) is 60.4 Å². The number of aryl methyl sites for hydroxylation is 1. The van der Waals surface area contributed by atoms with Gasteiger partial charge in [0.25, 0.3) is 0 Å². The third-order valence-corrected chi connectivity index (χ3v) is 7.33. The van der Waals surface area contributed by atoms with Gasteiger partial charge in [0.1, 0.15) is 17.7 Å². The van der Waals surface area contributed by atoms with Gasteiger partial charge in [-0.1, -0.05) is 30.2 Å². The lowest BCUT2D eigenvalue weighted by molar-refractivity contribution is 0.642. The highest BCUT2D eigenvalue weighted by Gasteiger charge is 2.42. The summed E-state index contributed by atoms with van der Waals surface area (Å²) in [6.45, 7) is 2.13. The van der Waals surface area contributed by atoms with Crippen LogP contribution in [-0.4, -0.2) is 6.04 Å². The molecule has 2 heterocycles. The molecule has 2 aromatic carbocycles. The molecule has 1 fully saturated rings. The lowest BCUT2D eigenvalue weighted by Crippen LogP contribution is -2.26. The van der Waals surface area contributed by atoms with Gasteiger partial charge < -0.3 is 4.90 Å². The minimum absolute atomic E-state index is 0.139. The van der Waals surface area contributed by atoms with Crippen molar-refractivity contribution < 1.29 is 0 Å². The van der Waals surface area contributed by atoms with Gasteiger partial charge in [-0.15, -0.1) is 11.3 Å². The number of thiophene rings is 1. The van der Waals surface area contributed by atoms with Crippen molar-refractivity contribution in [1.82, 2.24) is 0 Å². The molecule has 1 aliphatic carbocycles. The zero-order chi connectivity index (χ0) is 20.7. The van der Waals surface area contributed by atoms with Crippen molar-refractivity contribution in [1.29, 1.82) is 10.5 Å². The lowest BCUT2D eigenvalue weighted by Gasteiger charge is -2.27. The maximum atomic E-state index is 9.00. The number of benzene rings is 2.